The van der Waals surface area contributed by atoms with E-state index in [-0.39, 0.29) is 0 Å². The van der Waals surface area contributed by atoms with Gasteiger partial charge in [-0.1, -0.05) is 41.5 Å². The van der Waals surface area contributed by atoms with Crippen LogP contribution in [0, 0.1) is 0 Å². The molecule has 0 bridgehead atoms. The molecule has 0 fully saturated rings. The average molecular weight is 203 g/mol. The fraction of sp³-hybridized carbons (Fsp3) is 0.917. The van der Waals surface area contributed by atoms with E-state index < -0.39 is 0 Å². The van der Waals surface area contributed by atoms with Gasteiger partial charge >= 0.3 is 0 Å². The molecule has 0 amide bonds. The molecule has 88 valence electrons. The summed E-state index contributed by atoms with van der Waals surface area (Å²) < 4.78 is 0. The first-order valence-electron chi connectivity index (χ1n) is 5.95. The summed E-state index contributed by atoms with van der Waals surface area (Å²) >= 11 is 0. The highest BCUT2D eigenvalue weighted by Crippen LogP contribution is 1.90. The second-order valence-electron chi connectivity index (χ2n) is 2.60. The maximum atomic E-state index is 10.4. The summed E-state index contributed by atoms with van der Waals surface area (Å²) in [5.74, 6) is 0.377. The van der Waals surface area contributed by atoms with Crippen LogP contribution in [0.4, 0.5) is 0 Å². The van der Waals surface area contributed by atoms with Crippen LogP contribution in [0.1, 0.15) is 60.8 Å². The molecule has 0 aromatic rings. The number of ketones is 1. The summed E-state index contributed by atoms with van der Waals surface area (Å²) in [5, 5.41) is 3.11. The van der Waals surface area contributed by atoms with Gasteiger partial charge in [-0.05, 0) is 19.5 Å². The van der Waals surface area contributed by atoms with Crippen LogP contribution in [0.25, 0.3) is 0 Å². The number of hydrogen-bond donors (Lipinski definition) is 1. The normalized spacial score (nSPS) is 7.86. The van der Waals surface area contributed by atoms with Crippen LogP contribution >= 0.6 is 0 Å². The standard InChI is InChI=1S/C6H12O.C4H11N.C2H6/c1-3-5-6(7)4-2;1-3-5-4-2;1-2/h3-5H2,1-2H3;5H,3-4H2,1-2H3;1-2H3. The molecule has 0 spiro atoms. The Kier molecular flexibility index (Phi) is 31.5. The van der Waals surface area contributed by atoms with Crippen LogP contribution in [0.2, 0.25) is 0 Å². The van der Waals surface area contributed by atoms with Crippen molar-refractivity contribution in [3.63, 3.8) is 0 Å². The fourth-order valence-electron chi connectivity index (χ4n) is 0.706. The van der Waals surface area contributed by atoms with Gasteiger partial charge in [0.15, 0.2) is 0 Å². The third kappa shape index (κ3) is 29.9. The number of carbonyl (C=O) groups excluding carboxylic acids is 1. The summed E-state index contributed by atoms with van der Waals surface area (Å²) in [4.78, 5) is 10.4. The first-order chi connectivity index (χ1) is 6.72. The zero-order valence-corrected chi connectivity index (χ0v) is 10.9. The molecule has 0 saturated carbocycles. The Balaban J connectivity index is -0.000000152. The number of rotatable bonds is 5. The highest BCUT2D eigenvalue weighted by atomic mass is 16.1. The highest BCUT2D eigenvalue weighted by molar-refractivity contribution is 5.77. The predicted octanol–water partition coefficient (Wildman–Crippen LogP) is 3.41. The lowest BCUT2D eigenvalue weighted by atomic mass is 10.2. The van der Waals surface area contributed by atoms with Gasteiger partial charge in [-0.25, -0.2) is 0 Å². The van der Waals surface area contributed by atoms with Gasteiger partial charge in [0.25, 0.3) is 0 Å². The quantitative estimate of drug-likeness (QED) is 0.742. The van der Waals surface area contributed by atoms with Gasteiger partial charge in [-0.15, -0.1) is 0 Å². The minimum absolute atomic E-state index is 0.377. The Morgan fingerprint density at radius 3 is 1.50 bits per heavy atom. The predicted molar refractivity (Wildman–Crippen MR) is 65.8 cm³/mol. The van der Waals surface area contributed by atoms with Crippen molar-refractivity contribution in [2.75, 3.05) is 13.1 Å². The summed E-state index contributed by atoms with van der Waals surface area (Å²) in [6, 6.07) is 0. The van der Waals surface area contributed by atoms with Gasteiger partial charge in [-0.3, -0.25) is 4.79 Å². The lowest BCUT2D eigenvalue weighted by Crippen LogP contribution is -2.09. The number of carbonyl (C=O) groups is 1. The number of nitrogens with one attached hydrogen (secondary N) is 1. The van der Waals surface area contributed by atoms with Gasteiger partial charge in [0.2, 0.25) is 0 Å². The maximum Gasteiger partial charge on any atom is 0.132 e. The molecule has 0 aromatic carbocycles. The third-order valence-electron chi connectivity index (χ3n) is 1.42. The van der Waals surface area contributed by atoms with Crippen LogP contribution in [0.5, 0.6) is 0 Å². The topological polar surface area (TPSA) is 29.1 Å². The van der Waals surface area contributed by atoms with E-state index in [1.54, 1.807) is 0 Å². The van der Waals surface area contributed by atoms with Crippen molar-refractivity contribution in [2.45, 2.75) is 60.8 Å². The SMILES string of the molecule is CC.CCCC(=O)CC.CCNCC. The zero-order valence-electron chi connectivity index (χ0n) is 10.9. The molecule has 0 atom stereocenters. The van der Waals surface area contributed by atoms with Crippen LogP contribution in [0.15, 0.2) is 0 Å². The fourth-order valence-corrected chi connectivity index (χ4v) is 0.706. The monoisotopic (exact) mass is 203 g/mol. The Morgan fingerprint density at radius 2 is 1.43 bits per heavy atom. The largest absolute Gasteiger partial charge is 0.317 e. The van der Waals surface area contributed by atoms with E-state index >= 15 is 0 Å². The van der Waals surface area contributed by atoms with E-state index in [2.05, 4.69) is 19.2 Å². The summed E-state index contributed by atoms with van der Waals surface area (Å²) in [7, 11) is 0. The first kappa shape index (κ1) is 19.2. The molecule has 1 N–H and O–H groups in total. The summed E-state index contributed by atoms with van der Waals surface area (Å²) in [6.45, 7) is 14.3. The molecule has 0 saturated heterocycles. The van der Waals surface area contributed by atoms with Crippen molar-refractivity contribution in [2.24, 2.45) is 0 Å². The molecule has 0 aliphatic heterocycles. The van der Waals surface area contributed by atoms with Crippen molar-refractivity contribution in [1.29, 1.82) is 0 Å². The van der Waals surface area contributed by atoms with Crippen LogP contribution in [0.3, 0.4) is 0 Å². The lowest BCUT2D eigenvalue weighted by Gasteiger charge is -1.87. The molecule has 0 heterocycles. The molecular weight excluding hydrogens is 174 g/mol. The molecule has 0 rings (SSSR count). The van der Waals surface area contributed by atoms with Crippen molar-refractivity contribution in [3.05, 3.63) is 0 Å². The first-order valence-corrected chi connectivity index (χ1v) is 5.95. The molecule has 2 nitrogen and oxygen atoms in total. The second-order valence-corrected chi connectivity index (χ2v) is 2.60. The minimum Gasteiger partial charge on any atom is -0.317 e. The van der Waals surface area contributed by atoms with Crippen molar-refractivity contribution in [3.8, 4) is 0 Å². The smallest absolute Gasteiger partial charge is 0.132 e. The minimum atomic E-state index is 0.377. The summed E-state index contributed by atoms with van der Waals surface area (Å²) in [5.41, 5.74) is 0. The van der Waals surface area contributed by atoms with Gasteiger partial charge in [-0.2, -0.15) is 0 Å². The average Bonchev–Trinajstić information content (AvgIpc) is 2.23. The van der Waals surface area contributed by atoms with E-state index in [0.29, 0.717) is 12.2 Å². The maximum absolute atomic E-state index is 10.4. The Bertz CT molecular complexity index is 90.3. The molecule has 0 aliphatic rings. The molecule has 2 heteroatoms. The Hall–Kier alpha value is -0.370. The molecular formula is C12H29NO. The molecule has 0 radical (unpaired) electrons. The van der Waals surface area contributed by atoms with Crippen molar-refractivity contribution >= 4 is 5.78 Å². The van der Waals surface area contributed by atoms with Gasteiger partial charge in [0.05, 0.1) is 0 Å². The highest BCUT2D eigenvalue weighted by Gasteiger charge is 1.91. The molecule has 0 unspecified atom stereocenters. The van der Waals surface area contributed by atoms with E-state index in [1.807, 2.05) is 27.7 Å². The van der Waals surface area contributed by atoms with Gasteiger partial charge in [0, 0.05) is 12.8 Å². The number of hydrogen-bond acceptors (Lipinski definition) is 2. The van der Waals surface area contributed by atoms with Crippen molar-refractivity contribution < 1.29 is 4.79 Å². The van der Waals surface area contributed by atoms with Crippen LogP contribution < -0.4 is 5.32 Å². The summed E-state index contributed by atoms with van der Waals surface area (Å²) in [6.07, 6.45) is 2.46. The van der Waals surface area contributed by atoms with E-state index in [1.165, 1.54) is 0 Å². The van der Waals surface area contributed by atoms with E-state index in [4.69, 9.17) is 0 Å². The third-order valence-corrected chi connectivity index (χ3v) is 1.42. The van der Waals surface area contributed by atoms with Crippen LogP contribution in [-0.4, -0.2) is 18.9 Å². The van der Waals surface area contributed by atoms with E-state index in [0.717, 1.165) is 25.9 Å². The molecule has 0 aliphatic carbocycles. The lowest BCUT2D eigenvalue weighted by molar-refractivity contribution is -0.118. The van der Waals surface area contributed by atoms with Gasteiger partial charge < -0.3 is 5.32 Å². The molecule has 0 aromatic heterocycles. The number of Topliss-reactive ketones (excluding diaryl/α,β-unsaturated/α-hetero) is 1. The zero-order chi connectivity index (χ0) is 11.8. The van der Waals surface area contributed by atoms with E-state index in [9.17, 15) is 4.79 Å². The molecule has 14 heavy (non-hydrogen) atoms. The van der Waals surface area contributed by atoms with Gasteiger partial charge in [0.1, 0.15) is 5.78 Å². The Labute approximate surface area is 90.5 Å². The van der Waals surface area contributed by atoms with Crippen LogP contribution in [-0.2, 0) is 4.79 Å². The second kappa shape index (κ2) is 22.9. The Morgan fingerprint density at radius 1 is 1.00 bits per heavy atom. The van der Waals surface area contributed by atoms with Crippen molar-refractivity contribution in [1.82, 2.24) is 5.32 Å².